The fourth-order valence-electron chi connectivity index (χ4n) is 3.52. The first kappa shape index (κ1) is 26.2. The van der Waals surface area contributed by atoms with Crippen LogP contribution in [-0.2, 0) is 25.2 Å². The average Bonchev–Trinajstić information content (AvgIpc) is 2.76. The van der Waals surface area contributed by atoms with Crippen molar-refractivity contribution in [1.29, 1.82) is 0 Å². The second-order valence-electron chi connectivity index (χ2n) is 7.71. The molecule has 1 aromatic heterocycles. The summed E-state index contributed by atoms with van der Waals surface area (Å²) in [6.07, 6.45) is 2.38. The smallest absolute Gasteiger partial charge is 0.248 e. The predicted molar refractivity (Wildman–Crippen MR) is 126 cm³/mol. The van der Waals surface area contributed by atoms with Crippen molar-refractivity contribution in [3.05, 3.63) is 57.3 Å². The number of nitrogens with zero attached hydrogens (tertiary/aromatic N) is 3. The van der Waals surface area contributed by atoms with Gasteiger partial charge in [-0.15, -0.1) is 0 Å². The van der Waals surface area contributed by atoms with E-state index in [0.29, 0.717) is 31.6 Å². The Morgan fingerprint density at radius 1 is 1.21 bits per heavy atom. The molecule has 0 aliphatic carbocycles. The minimum absolute atomic E-state index is 0.00396. The first-order valence-electron chi connectivity index (χ1n) is 10.1. The molecule has 3 rings (SSSR count). The number of carbonyl (C=O) groups excluding carboxylic acids is 1. The molecule has 8 nitrogen and oxygen atoms in total. The van der Waals surface area contributed by atoms with Crippen LogP contribution in [0.2, 0.25) is 15.1 Å². The second kappa shape index (κ2) is 10.9. The Balaban J connectivity index is 1.47. The number of ether oxygens (including phenoxy) is 1. The van der Waals surface area contributed by atoms with Gasteiger partial charge >= 0.3 is 0 Å². The Morgan fingerprint density at radius 3 is 2.42 bits per heavy atom. The lowest BCUT2D eigenvalue weighted by Gasteiger charge is -2.37. The highest BCUT2D eigenvalue weighted by molar-refractivity contribution is 7.89. The van der Waals surface area contributed by atoms with E-state index in [4.69, 9.17) is 39.5 Å². The summed E-state index contributed by atoms with van der Waals surface area (Å²) in [5.74, 6) is -0.229. The summed E-state index contributed by atoms with van der Waals surface area (Å²) in [7, 11) is -2.61. The number of benzene rings is 1. The molecule has 0 spiro atoms. The monoisotopic (exact) mass is 535 g/mol. The quantitative estimate of drug-likeness (QED) is 0.520. The first-order chi connectivity index (χ1) is 15.5. The predicted octanol–water partition coefficient (Wildman–Crippen LogP) is 3.19. The summed E-state index contributed by atoms with van der Waals surface area (Å²) in [4.78, 5) is 18.1. The lowest BCUT2D eigenvalue weighted by molar-refractivity contribution is -0.140. The summed E-state index contributed by atoms with van der Waals surface area (Å²) in [6.45, 7) is 0.535. The minimum Gasteiger partial charge on any atom is -0.383 e. The third-order valence-electron chi connectivity index (χ3n) is 5.49. The molecule has 2 aromatic rings. The zero-order valence-electron chi connectivity index (χ0n) is 17.9. The van der Waals surface area contributed by atoms with Crippen LogP contribution in [0.3, 0.4) is 0 Å². The molecule has 1 aromatic carbocycles. The van der Waals surface area contributed by atoms with Crippen LogP contribution in [-0.4, -0.2) is 73.5 Å². The molecule has 0 atom stereocenters. The van der Waals surface area contributed by atoms with Crippen molar-refractivity contribution in [2.24, 2.45) is 0 Å². The van der Waals surface area contributed by atoms with Gasteiger partial charge in [-0.1, -0.05) is 40.9 Å². The number of likely N-dealkylation sites (tertiary alicyclic amines) is 1. The van der Waals surface area contributed by atoms with E-state index >= 15 is 0 Å². The Morgan fingerprint density at radius 2 is 1.85 bits per heavy atom. The van der Waals surface area contributed by atoms with Gasteiger partial charge in [-0.2, -0.15) is 4.31 Å². The molecular weight excluding hydrogens is 513 g/mol. The Labute approximate surface area is 208 Å². The summed E-state index contributed by atoms with van der Waals surface area (Å²) < 4.78 is 32.0. The molecule has 2 heterocycles. The van der Waals surface area contributed by atoms with Gasteiger partial charge in [-0.05, 0) is 37.1 Å². The topological polar surface area (TPSA) is 100 Å². The minimum atomic E-state index is -3.98. The van der Waals surface area contributed by atoms with Crippen LogP contribution in [0.25, 0.3) is 0 Å². The van der Waals surface area contributed by atoms with Crippen LogP contribution in [0, 0.1) is 0 Å². The van der Waals surface area contributed by atoms with Gasteiger partial charge in [0.15, 0.2) is 0 Å². The number of aliphatic hydroxyl groups is 1. The van der Waals surface area contributed by atoms with Crippen LogP contribution in [0.1, 0.15) is 18.5 Å². The molecular formula is C21H24Cl3N3O5S. The van der Waals surface area contributed by atoms with Gasteiger partial charge in [0.1, 0.15) is 17.1 Å². The Kier molecular flexibility index (Phi) is 8.60. The van der Waals surface area contributed by atoms with Crippen LogP contribution >= 0.6 is 34.8 Å². The second-order valence-corrected chi connectivity index (χ2v) is 10.9. The van der Waals surface area contributed by atoms with Crippen molar-refractivity contribution >= 4 is 50.7 Å². The molecule has 1 saturated heterocycles. The summed E-state index contributed by atoms with van der Waals surface area (Å²) in [6, 6.07) is 7.98. The lowest BCUT2D eigenvalue weighted by Crippen LogP contribution is -2.46. The molecule has 0 radical (unpaired) electrons. The molecule has 1 N–H and O–H groups in total. The van der Waals surface area contributed by atoms with Gasteiger partial charge in [0, 0.05) is 37.9 Å². The van der Waals surface area contributed by atoms with E-state index in [2.05, 4.69) is 4.98 Å². The van der Waals surface area contributed by atoms with E-state index in [-0.39, 0.29) is 45.6 Å². The van der Waals surface area contributed by atoms with Gasteiger partial charge in [-0.25, -0.2) is 8.42 Å². The van der Waals surface area contributed by atoms with Gasteiger partial charge in [0.2, 0.25) is 15.9 Å². The number of pyridine rings is 1. The largest absolute Gasteiger partial charge is 0.383 e. The third-order valence-corrected chi connectivity index (χ3v) is 8.49. The van der Waals surface area contributed by atoms with E-state index in [1.54, 1.807) is 23.2 Å². The summed E-state index contributed by atoms with van der Waals surface area (Å²) in [5.41, 5.74) is -0.460. The zero-order valence-corrected chi connectivity index (χ0v) is 21.0. The Hall–Kier alpha value is -1.46. The molecule has 0 bridgehead atoms. The third kappa shape index (κ3) is 6.16. The van der Waals surface area contributed by atoms with Crippen molar-refractivity contribution < 1.29 is 23.1 Å². The molecule has 0 saturated carbocycles. The molecule has 1 aliphatic heterocycles. The SMILES string of the molecule is CN(CCOCC(=O)N1CCC(O)(c2ccccn2)CC1)S(=O)(=O)c1c(Cl)cc(Cl)cc1Cl. The van der Waals surface area contributed by atoms with Gasteiger partial charge in [-0.3, -0.25) is 9.78 Å². The van der Waals surface area contributed by atoms with Crippen molar-refractivity contribution in [2.45, 2.75) is 23.3 Å². The maximum absolute atomic E-state index is 12.8. The number of hydrogen-bond acceptors (Lipinski definition) is 6. The standard InChI is InChI=1S/C21H24Cl3N3O5S/c1-26(33(30,31)20-16(23)12-15(22)13-17(20)24)10-11-32-14-19(28)27-8-5-21(29,6-9-27)18-4-2-3-7-25-18/h2-4,7,12-13,29H,5-6,8-11,14H2,1H3. The van der Waals surface area contributed by atoms with Crippen molar-refractivity contribution in [2.75, 3.05) is 39.9 Å². The highest BCUT2D eigenvalue weighted by Crippen LogP contribution is 2.34. The van der Waals surface area contributed by atoms with Crippen LogP contribution in [0.5, 0.6) is 0 Å². The summed E-state index contributed by atoms with van der Waals surface area (Å²) >= 11 is 17.9. The van der Waals surface area contributed by atoms with E-state index in [1.807, 2.05) is 6.07 Å². The molecule has 12 heteroatoms. The van der Waals surface area contributed by atoms with Crippen LogP contribution in [0.15, 0.2) is 41.4 Å². The van der Waals surface area contributed by atoms with Gasteiger partial charge in [0.25, 0.3) is 0 Å². The van der Waals surface area contributed by atoms with E-state index in [1.165, 1.54) is 19.2 Å². The molecule has 33 heavy (non-hydrogen) atoms. The first-order valence-corrected chi connectivity index (χ1v) is 12.7. The van der Waals surface area contributed by atoms with Crippen molar-refractivity contribution in [3.8, 4) is 0 Å². The van der Waals surface area contributed by atoms with Crippen LogP contribution < -0.4 is 0 Å². The number of aromatic nitrogens is 1. The highest BCUT2D eigenvalue weighted by Gasteiger charge is 2.36. The summed E-state index contributed by atoms with van der Waals surface area (Å²) in [5, 5.41) is 10.9. The fourth-order valence-corrected chi connectivity index (χ4v) is 6.15. The molecule has 1 fully saturated rings. The van der Waals surface area contributed by atoms with E-state index in [0.717, 1.165) is 4.31 Å². The molecule has 1 aliphatic rings. The molecule has 0 unspecified atom stereocenters. The van der Waals surface area contributed by atoms with E-state index < -0.39 is 15.6 Å². The van der Waals surface area contributed by atoms with Crippen molar-refractivity contribution in [3.63, 3.8) is 0 Å². The Bertz CT molecular complexity index is 1070. The van der Waals surface area contributed by atoms with Crippen LogP contribution in [0.4, 0.5) is 0 Å². The number of halogens is 3. The van der Waals surface area contributed by atoms with Crippen molar-refractivity contribution in [1.82, 2.24) is 14.2 Å². The molecule has 180 valence electrons. The lowest BCUT2D eigenvalue weighted by atomic mass is 9.88. The maximum atomic E-state index is 12.8. The number of sulfonamides is 1. The number of piperidine rings is 1. The fraction of sp³-hybridized carbons (Fsp3) is 0.429. The molecule has 1 amide bonds. The zero-order chi connectivity index (χ0) is 24.2. The number of hydrogen-bond donors (Lipinski definition) is 1. The van der Waals surface area contributed by atoms with Gasteiger partial charge in [0.05, 0.1) is 22.3 Å². The number of rotatable bonds is 8. The van der Waals surface area contributed by atoms with E-state index in [9.17, 15) is 18.3 Å². The average molecular weight is 537 g/mol. The maximum Gasteiger partial charge on any atom is 0.248 e. The van der Waals surface area contributed by atoms with Gasteiger partial charge < -0.3 is 14.7 Å². The number of carbonyl (C=O) groups is 1. The normalized spacial score (nSPS) is 16.2. The number of amides is 1. The number of likely N-dealkylation sites (N-methyl/N-ethyl adjacent to an activating group) is 1. The highest BCUT2D eigenvalue weighted by atomic mass is 35.5.